The molecule has 0 aromatic carbocycles. The maximum absolute atomic E-state index is 4.30. The van der Waals surface area contributed by atoms with Crippen molar-refractivity contribution in [2.45, 2.75) is 13.8 Å². The van der Waals surface area contributed by atoms with Crippen molar-refractivity contribution in [1.29, 1.82) is 0 Å². The van der Waals surface area contributed by atoms with Gasteiger partial charge >= 0.3 is 0 Å². The maximum Gasteiger partial charge on any atom is 0.188 e. The van der Waals surface area contributed by atoms with Gasteiger partial charge in [-0.3, -0.25) is 0 Å². The molecule has 0 amide bonds. The van der Waals surface area contributed by atoms with Crippen LogP contribution in [0.1, 0.15) is 11.4 Å². The van der Waals surface area contributed by atoms with Gasteiger partial charge in [-0.25, -0.2) is 9.97 Å². The quantitative estimate of drug-likeness (QED) is 0.828. The van der Waals surface area contributed by atoms with Crippen LogP contribution in [0.25, 0.3) is 0 Å². The number of rotatable bonds is 2. The van der Waals surface area contributed by atoms with Gasteiger partial charge < -0.3 is 5.32 Å². The minimum Gasteiger partial charge on any atom is -0.322 e. The first-order valence-corrected chi connectivity index (χ1v) is 5.48. The van der Waals surface area contributed by atoms with Crippen LogP contribution in [0.3, 0.4) is 0 Å². The van der Waals surface area contributed by atoms with E-state index in [0.29, 0.717) is 0 Å². The maximum atomic E-state index is 4.30. The summed E-state index contributed by atoms with van der Waals surface area (Å²) < 4.78 is 0. The van der Waals surface area contributed by atoms with Crippen LogP contribution < -0.4 is 5.32 Å². The molecule has 3 nitrogen and oxygen atoms in total. The lowest BCUT2D eigenvalue weighted by atomic mass is 10.5. The highest BCUT2D eigenvalue weighted by Gasteiger charge is 2.03. The third-order valence-corrected chi connectivity index (χ3v) is 3.19. The van der Waals surface area contributed by atoms with E-state index in [4.69, 9.17) is 0 Å². The average Bonchev–Trinajstić information content (AvgIpc) is 2.64. The minimum absolute atomic E-state index is 0.915. The third kappa shape index (κ3) is 1.87. The number of nitrogens with zero attached hydrogens (tertiary/aromatic N) is 2. The van der Waals surface area contributed by atoms with Crippen molar-refractivity contribution < 1.29 is 0 Å². The molecule has 67 valence electrons. The molecule has 0 unspecified atom stereocenters. The number of hydrogen-bond donors (Lipinski definition) is 1. The van der Waals surface area contributed by atoms with Gasteiger partial charge in [0.15, 0.2) is 10.6 Å². The first kappa shape index (κ1) is 8.65. The molecule has 0 saturated carbocycles. The molecule has 0 spiro atoms. The fourth-order valence-corrected chi connectivity index (χ4v) is 2.26. The number of nitrogens with one attached hydrogen (secondary N) is 1. The second-order valence-corrected chi connectivity index (χ2v) is 4.29. The number of anilines is 2. The van der Waals surface area contributed by atoms with Crippen LogP contribution in [0.2, 0.25) is 0 Å². The minimum atomic E-state index is 0.915. The lowest BCUT2D eigenvalue weighted by Gasteiger charge is -1.97. The molecule has 2 aromatic rings. The van der Waals surface area contributed by atoms with Crippen LogP contribution in [0, 0.1) is 19.4 Å². The predicted octanol–water partition coefficient (Wildman–Crippen LogP) is 2.76. The zero-order valence-electron chi connectivity index (χ0n) is 7.29. The third-order valence-electron chi connectivity index (χ3n) is 1.53. The molecule has 2 aromatic heterocycles. The van der Waals surface area contributed by atoms with Gasteiger partial charge in [-0.15, -0.1) is 11.3 Å². The Labute approximate surface area is 84.5 Å². The van der Waals surface area contributed by atoms with Crippen molar-refractivity contribution in [2.24, 2.45) is 0 Å². The Balaban J connectivity index is 2.19. The monoisotopic (exact) mass is 210 g/mol. The molecule has 1 radical (unpaired) electrons. The summed E-state index contributed by atoms with van der Waals surface area (Å²) >= 11 is 3.07. The Kier molecular flexibility index (Phi) is 2.28. The summed E-state index contributed by atoms with van der Waals surface area (Å²) in [6.07, 6.45) is 0. The van der Waals surface area contributed by atoms with Gasteiger partial charge in [-0.1, -0.05) is 11.3 Å². The molecular weight excluding hydrogens is 202 g/mol. The molecule has 0 aliphatic rings. The second kappa shape index (κ2) is 3.43. The molecule has 0 atom stereocenters. The van der Waals surface area contributed by atoms with E-state index in [0.717, 1.165) is 21.5 Å². The fraction of sp³-hybridized carbons (Fsp3) is 0.250. The van der Waals surface area contributed by atoms with Crippen molar-refractivity contribution in [3.8, 4) is 0 Å². The van der Waals surface area contributed by atoms with Gasteiger partial charge in [0.05, 0.1) is 11.4 Å². The van der Waals surface area contributed by atoms with Crippen molar-refractivity contribution in [3.63, 3.8) is 0 Å². The number of hydrogen-bond acceptors (Lipinski definition) is 5. The van der Waals surface area contributed by atoms with Gasteiger partial charge in [0.25, 0.3) is 0 Å². The first-order chi connectivity index (χ1) is 6.25. The van der Waals surface area contributed by atoms with Crippen LogP contribution in [-0.4, -0.2) is 9.97 Å². The molecule has 2 rings (SSSR count). The molecule has 0 fully saturated rings. The molecule has 5 heteroatoms. The van der Waals surface area contributed by atoms with E-state index < -0.39 is 0 Å². The molecule has 0 bridgehead atoms. The summed E-state index contributed by atoms with van der Waals surface area (Å²) in [5.74, 6) is 0. The van der Waals surface area contributed by atoms with Crippen LogP contribution in [0.15, 0.2) is 5.38 Å². The molecule has 0 saturated heterocycles. The summed E-state index contributed by atoms with van der Waals surface area (Å²) in [7, 11) is 0. The smallest absolute Gasteiger partial charge is 0.188 e. The highest BCUT2D eigenvalue weighted by molar-refractivity contribution is 7.15. The van der Waals surface area contributed by atoms with E-state index in [1.807, 2.05) is 19.2 Å². The van der Waals surface area contributed by atoms with Crippen LogP contribution in [-0.2, 0) is 0 Å². The Bertz CT molecular complexity index is 405. The van der Waals surface area contributed by atoms with Crippen LogP contribution in [0.5, 0.6) is 0 Å². The van der Waals surface area contributed by atoms with Crippen molar-refractivity contribution in [3.05, 3.63) is 22.3 Å². The van der Waals surface area contributed by atoms with Crippen LogP contribution >= 0.6 is 22.7 Å². The van der Waals surface area contributed by atoms with Gasteiger partial charge in [-0.2, -0.15) is 0 Å². The zero-order chi connectivity index (χ0) is 9.26. The van der Waals surface area contributed by atoms with E-state index in [1.54, 1.807) is 11.3 Å². The Hall–Kier alpha value is -0.940. The zero-order valence-corrected chi connectivity index (χ0v) is 8.92. The van der Waals surface area contributed by atoms with Crippen molar-refractivity contribution in [1.82, 2.24) is 9.97 Å². The van der Waals surface area contributed by atoms with Gasteiger partial charge in [0.1, 0.15) is 5.00 Å². The lowest BCUT2D eigenvalue weighted by Crippen LogP contribution is -1.88. The Morgan fingerprint density at radius 3 is 2.85 bits per heavy atom. The lowest BCUT2D eigenvalue weighted by molar-refractivity contribution is 1.24. The van der Waals surface area contributed by atoms with Crippen molar-refractivity contribution in [2.75, 3.05) is 5.32 Å². The molecule has 1 N–H and O–H groups in total. The van der Waals surface area contributed by atoms with Crippen LogP contribution in [0.4, 0.5) is 10.1 Å². The predicted molar refractivity (Wildman–Crippen MR) is 55.8 cm³/mol. The normalized spacial score (nSPS) is 10.3. The Morgan fingerprint density at radius 1 is 1.46 bits per heavy atom. The summed E-state index contributed by atoms with van der Waals surface area (Å²) in [6, 6.07) is 0. The molecule has 0 aliphatic heterocycles. The number of aryl methyl sites for hydroxylation is 2. The highest BCUT2D eigenvalue weighted by atomic mass is 32.1. The second-order valence-electron chi connectivity index (χ2n) is 2.64. The topological polar surface area (TPSA) is 37.8 Å². The van der Waals surface area contributed by atoms with Gasteiger partial charge in [0.2, 0.25) is 0 Å². The molecular formula is C8H8N3S2. The van der Waals surface area contributed by atoms with E-state index >= 15 is 0 Å². The summed E-state index contributed by atoms with van der Waals surface area (Å²) in [5, 5.41) is 7.16. The van der Waals surface area contributed by atoms with E-state index in [-0.39, 0.29) is 0 Å². The average molecular weight is 210 g/mol. The summed E-state index contributed by atoms with van der Waals surface area (Å²) in [4.78, 5) is 8.33. The highest BCUT2D eigenvalue weighted by Crippen LogP contribution is 2.25. The molecule has 0 aliphatic carbocycles. The number of aromatic nitrogens is 2. The van der Waals surface area contributed by atoms with Gasteiger partial charge in [-0.05, 0) is 13.8 Å². The van der Waals surface area contributed by atoms with Crippen molar-refractivity contribution >= 4 is 32.8 Å². The largest absolute Gasteiger partial charge is 0.322 e. The SMILES string of the molecule is Cc1csc(Nc2s[c]nc2C)n1. The Morgan fingerprint density at radius 2 is 2.31 bits per heavy atom. The van der Waals surface area contributed by atoms with Gasteiger partial charge in [0, 0.05) is 5.38 Å². The van der Waals surface area contributed by atoms with E-state index in [2.05, 4.69) is 20.8 Å². The molecule has 2 heterocycles. The standard InChI is InChI=1S/C8H8N3S2/c1-5-3-12-8(10-5)11-7-6(2)9-4-13-7/h3H,1-2H3,(H,10,11). The number of thiazole rings is 2. The fourth-order valence-electron chi connectivity index (χ4n) is 0.886. The summed E-state index contributed by atoms with van der Waals surface area (Å²) in [5.41, 5.74) is 4.84. The molecule has 13 heavy (non-hydrogen) atoms. The first-order valence-electron chi connectivity index (χ1n) is 3.78. The summed E-state index contributed by atoms with van der Waals surface area (Å²) in [6.45, 7) is 3.93. The van der Waals surface area contributed by atoms with E-state index in [1.165, 1.54) is 11.3 Å². The van der Waals surface area contributed by atoms with E-state index in [9.17, 15) is 0 Å².